The second-order valence-electron chi connectivity index (χ2n) is 7.13. The Labute approximate surface area is 202 Å². The van der Waals surface area contributed by atoms with E-state index in [0.29, 0.717) is 34.7 Å². The summed E-state index contributed by atoms with van der Waals surface area (Å²) in [6, 6.07) is 18.3. The Morgan fingerprint density at radius 1 is 0.853 bits per heavy atom. The van der Waals surface area contributed by atoms with Gasteiger partial charge in [0.2, 0.25) is 0 Å². The molecule has 0 saturated heterocycles. The lowest BCUT2D eigenvalue weighted by Crippen LogP contribution is -2.13. The van der Waals surface area contributed by atoms with Crippen LogP contribution in [0, 0.1) is 6.92 Å². The monoisotopic (exact) mass is 496 g/mol. The molecule has 34 heavy (non-hydrogen) atoms. The van der Waals surface area contributed by atoms with Gasteiger partial charge in [-0.15, -0.1) is 0 Å². The van der Waals surface area contributed by atoms with Crippen molar-refractivity contribution in [3.05, 3.63) is 83.8 Å². The molecule has 0 bridgehead atoms. The van der Waals surface area contributed by atoms with Gasteiger partial charge in [0.15, 0.2) is 0 Å². The van der Waals surface area contributed by atoms with Gasteiger partial charge in [0.25, 0.3) is 10.0 Å². The van der Waals surface area contributed by atoms with E-state index in [9.17, 15) is 8.42 Å². The third kappa shape index (κ3) is 5.72. The number of nitrogens with zero attached hydrogens (tertiary/aromatic N) is 3. The smallest absolute Gasteiger partial charge is 0.261 e. The van der Waals surface area contributed by atoms with E-state index in [-0.39, 0.29) is 9.92 Å². The molecular weight excluding hydrogens is 476 g/mol. The minimum Gasteiger partial charge on any atom is -0.495 e. The minimum atomic E-state index is -3.82. The average Bonchev–Trinajstić information content (AvgIpc) is 2.80. The minimum absolute atomic E-state index is 0.0323. The summed E-state index contributed by atoms with van der Waals surface area (Å²) in [7, 11) is -2.36. The predicted octanol–water partition coefficient (Wildman–Crippen LogP) is 5.13. The second-order valence-corrected chi connectivity index (χ2v) is 9.22. The maximum absolute atomic E-state index is 12.7. The van der Waals surface area contributed by atoms with Gasteiger partial charge in [0.05, 0.1) is 17.0 Å². The molecule has 0 spiro atoms. The summed E-state index contributed by atoms with van der Waals surface area (Å²) in [5, 5.41) is 6.54. The van der Waals surface area contributed by atoms with Crippen LogP contribution in [0.2, 0.25) is 5.02 Å². The molecule has 0 saturated carbocycles. The van der Waals surface area contributed by atoms with Crippen molar-refractivity contribution in [1.29, 1.82) is 0 Å². The van der Waals surface area contributed by atoms with E-state index in [2.05, 4.69) is 30.3 Å². The number of methoxy groups -OCH3 is 1. The predicted molar refractivity (Wildman–Crippen MR) is 133 cm³/mol. The van der Waals surface area contributed by atoms with Crippen LogP contribution in [0.1, 0.15) is 5.82 Å². The van der Waals surface area contributed by atoms with Gasteiger partial charge < -0.3 is 15.4 Å². The van der Waals surface area contributed by atoms with Crippen LogP contribution in [0.5, 0.6) is 5.75 Å². The molecule has 174 valence electrons. The molecule has 0 aliphatic rings. The van der Waals surface area contributed by atoms with Crippen molar-refractivity contribution in [3.63, 3.8) is 0 Å². The van der Waals surface area contributed by atoms with Crippen LogP contribution in [-0.2, 0) is 10.0 Å². The molecule has 0 fully saturated rings. The molecule has 0 radical (unpaired) electrons. The SMILES string of the molecule is COc1ccc(S(=O)(=O)Nc2ccc(Nc3cc(Nc4ccccn4)nc(C)n3)cc2)cc1Cl. The lowest BCUT2D eigenvalue weighted by atomic mass is 10.3. The number of aromatic nitrogens is 3. The number of benzene rings is 2. The molecule has 0 unspecified atom stereocenters. The number of hydrogen-bond acceptors (Lipinski definition) is 8. The largest absolute Gasteiger partial charge is 0.495 e. The van der Waals surface area contributed by atoms with Gasteiger partial charge in [-0.2, -0.15) is 0 Å². The van der Waals surface area contributed by atoms with Crippen molar-refractivity contribution < 1.29 is 13.2 Å². The van der Waals surface area contributed by atoms with Crippen LogP contribution in [-0.4, -0.2) is 30.5 Å². The number of pyridine rings is 1. The summed E-state index contributed by atoms with van der Waals surface area (Å²) in [6.45, 7) is 1.79. The van der Waals surface area contributed by atoms with E-state index in [4.69, 9.17) is 16.3 Å². The van der Waals surface area contributed by atoms with Gasteiger partial charge in [-0.1, -0.05) is 17.7 Å². The van der Waals surface area contributed by atoms with Crippen molar-refractivity contribution in [3.8, 4) is 5.75 Å². The molecule has 0 aliphatic heterocycles. The Hall–Kier alpha value is -3.89. The quantitative estimate of drug-likeness (QED) is 0.307. The highest BCUT2D eigenvalue weighted by atomic mass is 35.5. The van der Waals surface area contributed by atoms with Crippen LogP contribution >= 0.6 is 11.6 Å². The van der Waals surface area contributed by atoms with Crippen LogP contribution in [0.4, 0.5) is 28.8 Å². The molecule has 4 aromatic rings. The maximum Gasteiger partial charge on any atom is 0.261 e. The number of halogens is 1. The van der Waals surface area contributed by atoms with Gasteiger partial charge in [-0.25, -0.2) is 23.4 Å². The number of sulfonamides is 1. The second kappa shape index (κ2) is 9.94. The normalized spacial score (nSPS) is 11.0. The first kappa shape index (κ1) is 23.3. The summed E-state index contributed by atoms with van der Waals surface area (Å²) >= 11 is 6.06. The van der Waals surface area contributed by atoms with E-state index in [1.54, 1.807) is 43.5 Å². The summed E-state index contributed by atoms with van der Waals surface area (Å²) in [4.78, 5) is 13.0. The van der Waals surface area contributed by atoms with E-state index in [1.165, 1.54) is 25.3 Å². The summed E-state index contributed by atoms with van der Waals surface area (Å²) in [5.41, 5.74) is 1.12. The molecular formula is C23H21ClN6O3S. The Morgan fingerprint density at radius 2 is 1.56 bits per heavy atom. The van der Waals surface area contributed by atoms with Crippen LogP contribution < -0.4 is 20.1 Å². The van der Waals surface area contributed by atoms with Crippen molar-refractivity contribution in [2.75, 3.05) is 22.5 Å². The Morgan fingerprint density at radius 3 is 2.21 bits per heavy atom. The molecule has 9 nitrogen and oxygen atoms in total. The van der Waals surface area contributed by atoms with Gasteiger partial charge in [0, 0.05) is 23.6 Å². The van der Waals surface area contributed by atoms with Crippen molar-refractivity contribution in [2.24, 2.45) is 0 Å². The van der Waals surface area contributed by atoms with Crippen LogP contribution in [0.25, 0.3) is 0 Å². The van der Waals surface area contributed by atoms with E-state index >= 15 is 0 Å². The lowest BCUT2D eigenvalue weighted by molar-refractivity contribution is 0.414. The van der Waals surface area contributed by atoms with Gasteiger partial charge in [0.1, 0.15) is 29.0 Å². The number of anilines is 5. The Kier molecular flexibility index (Phi) is 6.80. The fraction of sp³-hybridized carbons (Fsp3) is 0.0870. The average molecular weight is 497 g/mol. The molecule has 0 atom stereocenters. The molecule has 0 amide bonds. The molecule has 3 N–H and O–H groups in total. The number of aryl methyl sites for hydroxylation is 1. The van der Waals surface area contributed by atoms with Crippen molar-refractivity contribution in [2.45, 2.75) is 11.8 Å². The third-order valence-electron chi connectivity index (χ3n) is 4.60. The summed E-state index contributed by atoms with van der Waals surface area (Å²) < 4.78 is 33.0. The zero-order chi connectivity index (χ0) is 24.1. The van der Waals surface area contributed by atoms with Crippen molar-refractivity contribution >= 4 is 50.5 Å². The van der Waals surface area contributed by atoms with Gasteiger partial charge in [-0.05, 0) is 61.5 Å². The first-order valence-corrected chi connectivity index (χ1v) is 12.0. The van der Waals surface area contributed by atoms with Gasteiger partial charge >= 0.3 is 0 Å². The van der Waals surface area contributed by atoms with E-state index in [1.807, 2.05) is 18.2 Å². The van der Waals surface area contributed by atoms with Gasteiger partial charge in [-0.3, -0.25) is 4.72 Å². The zero-order valence-corrected chi connectivity index (χ0v) is 19.9. The number of ether oxygens (including phenoxy) is 1. The molecule has 2 aromatic carbocycles. The first-order chi connectivity index (χ1) is 16.3. The number of rotatable bonds is 8. The molecule has 2 aromatic heterocycles. The Balaban J connectivity index is 1.46. The highest BCUT2D eigenvalue weighted by Crippen LogP contribution is 2.28. The maximum atomic E-state index is 12.7. The summed E-state index contributed by atoms with van der Waals surface area (Å²) in [6.07, 6.45) is 1.69. The highest BCUT2D eigenvalue weighted by molar-refractivity contribution is 7.92. The number of nitrogens with one attached hydrogen (secondary N) is 3. The zero-order valence-electron chi connectivity index (χ0n) is 18.3. The van der Waals surface area contributed by atoms with E-state index in [0.717, 1.165) is 5.69 Å². The third-order valence-corrected chi connectivity index (χ3v) is 6.28. The fourth-order valence-electron chi connectivity index (χ4n) is 3.06. The molecule has 0 aliphatic carbocycles. The lowest BCUT2D eigenvalue weighted by Gasteiger charge is -2.12. The molecule has 4 rings (SSSR count). The number of hydrogen-bond donors (Lipinski definition) is 3. The molecule has 2 heterocycles. The van der Waals surface area contributed by atoms with Crippen molar-refractivity contribution in [1.82, 2.24) is 15.0 Å². The standard InChI is InChI=1S/C23H21ClN6O3S/c1-15-26-22(14-23(27-15)29-21-5-3-4-12-25-21)28-16-6-8-17(9-7-16)30-34(31,32)18-10-11-20(33-2)19(24)13-18/h3-14,30H,1-2H3,(H2,25,26,27,28,29). The highest BCUT2D eigenvalue weighted by Gasteiger charge is 2.16. The molecule has 11 heteroatoms. The Bertz CT molecular complexity index is 1400. The fourth-order valence-corrected chi connectivity index (χ4v) is 4.47. The van der Waals surface area contributed by atoms with E-state index < -0.39 is 10.0 Å². The summed E-state index contributed by atoms with van der Waals surface area (Å²) in [5.74, 6) is 2.81. The van der Waals surface area contributed by atoms with Crippen LogP contribution in [0.3, 0.4) is 0 Å². The topological polar surface area (TPSA) is 118 Å². The first-order valence-electron chi connectivity index (χ1n) is 10.1. The van der Waals surface area contributed by atoms with Crippen LogP contribution in [0.15, 0.2) is 77.8 Å².